The lowest BCUT2D eigenvalue weighted by Gasteiger charge is -2.34. The summed E-state index contributed by atoms with van der Waals surface area (Å²) in [5, 5.41) is 6.80. The molecule has 0 bridgehead atoms. The molecule has 1 fully saturated rings. The average molecular weight is 235 g/mol. The molecule has 1 aromatic heterocycles. The highest BCUT2D eigenvalue weighted by molar-refractivity contribution is 5.37. The van der Waals surface area contributed by atoms with Crippen LogP contribution in [0.1, 0.15) is 19.8 Å². The van der Waals surface area contributed by atoms with Crippen molar-refractivity contribution in [1.29, 1.82) is 0 Å². The van der Waals surface area contributed by atoms with E-state index in [2.05, 4.69) is 22.5 Å². The van der Waals surface area contributed by atoms with Crippen LogP contribution in [0.3, 0.4) is 0 Å². The summed E-state index contributed by atoms with van der Waals surface area (Å²) >= 11 is 0. The summed E-state index contributed by atoms with van der Waals surface area (Å²) in [6, 6.07) is 3.89. The zero-order valence-electron chi connectivity index (χ0n) is 10.6. The molecule has 1 aliphatic heterocycles. The molecule has 17 heavy (non-hydrogen) atoms. The molecule has 2 heterocycles. The quantitative estimate of drug-likeness (QED) is 0.836. The summed E-state index contributed by atoms with van der Waals surface area (Å²) in [6.07, 6.45) is 4.18. The molecule has 1 aromatic rings. The lowest BCUT2D eigenvalue weighted by Crippen LogP contribution is -2.39. The first-order valence-electron chi connectivity index (χ1n) is 6.16. The van der Waals surface area contributed by atoms with Crippen molar-refractivity contribution < 1.29 is 4.74 Å². The van der Waals surface area contributed by atoms with Crippen LogP contribution in [0.15, 0.2) is 18.3 Å². The van der Waals surface area contributed by atoms with Crippen molar-refractivity contribution in [3.8, 4) is 5.75 Å². The Morgan fingerprint density at radius 2 is 2.18 bits per heavy atom. The molecule has 0 amide bonds. The third-order valence-corrected chi connectivity index (χ3v) is 3.48. The number of nitrogens with one attached hydrogen (secondary N) is 2. The van der Waals surface area contributed by atoms with Gasteiger partial charge in [0.05, 0.1) is 13.3 Å². The van der Waals surface area contributed by atoms with Gasteiger partial charge in [0.1, 0.15) is 11.6 Å². The molecule has 1 aliphatic rings. The number of pyridine rings is 1. The number of rotatable bonds is 4. The van der Waals surface area contributed by atoms with Crippen LogP contribution in [0.5, 0.6) is 5.75 Å². The van der Waals surface area contributed by atoms with Crippen molar-refractivity contribution in [2.45, 2.75) is 19.8 Å². The first-order chi connectivity index (χ1) is 8.22. The molecule has 0 spiro atoms. The summed E-state index contributed by atoms with van der Waals surface area (Å²) in [5.41, 5.74) is 0.382. The summed E-state index contributed by atoms with van der Waals surface area (Å²) in [4.78, 5) is 4.31. The predicted octanol–water partition coefficient (Wildman–Crippen LogP) is 1.89. The summed E-state index contributed by atoms with van der Waals surface area (Å²) < 4.78 is 5.08. The van der Waals surface area contributed by atoms with E-state index in [-0.39, 0.29) is 0 Å². The van der Waals surface area contributed by atoms with Crippen LogP contribution in [-0.4, -0.2) is 31.7 Å². The number of ether oxygens (including phenoxy) is 1. The molecule has 4 heteroatoms. The number of piperidine rings is 1. The van der Waals surface area contributed by atoms with Gasteiger partial charge in [0.25, 0.3) is 0 Å². The Kier molecular flexibility index (Phi) is 3.84. The van der Waals surface area contributed by atoms with E-state index in [1.807, 2.05) is 12.1 Å². The molecule has 0 saturated carbocycles. The van der Waals surface area contributed by atoms with Gasteiger partial charge < -0.3 is 15.4 Å². The van der Waals surface area contributed by atoms with Gasteiger partial charge in [-0.05, 0) is 43.5 Å². The molecule has 0 radical (unpaired) electrons. The van der Waals surface area contributed by atoms with Crippen LogP contribution in [0.4, 0.5) is 5.82 Å². The number of nitrogens with zero attached hydrogens (tertiary/aromatic N) is 1. The van der Waals surface area contributed by atoms with E-state index in [0.717, 1.165) is 31.2 Å². The minimum absolute atomic E-state index is 0.382. The maximum absolute atomic E-state index is 5.08. The standard InChI is InChI=1S/C13H21N3O/c1-13(5-7-14-8-6-13)10-16-12-4-3-11(17-2)9-15-12/h3-4,9,14H,5-8,10H2,1-2H3,(H,15,16). The molecule has 0 aliphatic carbocycles. The monoisotopic (exact) mass is 235 g/mol. The van der Waals surface area contributed by atoms with E-state index in [1.165, 1.54) is 12.8 Å². The van der Waals surface area contributed by atoms with E-state index < -0.39 is 0 Å². The Morgan fingerprint density at radius 3 is 2.76 bits per heavy atom. The zero-order chi connectivity index (χ0) is 12.1. The Bertz CT molecular complexity index is 344. The van der Waals surface area contributed by atoms with E-state index in [0.29, 0.717) is 5.41 Å². The van der Waals surface area contributed by atoms with Crippen LogP contribution >= 0.6 is 0 Å². The van der Waals surface area contributed by atoms with Crippen molar-refractivity contribution >= 4 is 5.82 Å². The van der Waals surface area contributed by atoms with Crippen molar-refractivity contribution in [1.82, 2.24) is 10.3 Å². The van der Waals surface area contributed by atoms with E-state index >= 15 is 0 Å². The molecule has 0 unspecified atom stereocenters. The van der Waals surface area contributed by atoms with Crippen LogP contribution in [0.2, 0.25) is 0 Å². The minimum atomic E-state index is 0.382. The first kappa shape index (κ1) is 12.2. The Balaban J connectivity index is 1.87. The fourth-order valence-corrected chi connectivity index (χ4v) is 2.12. The van der Waals surface area contributed by atoms with Gasteiger partial charge in [0.15, 0.2) is 0 Å². The minimum Gasteiger partial charge on any atom is -0.495 e. The van der Waals surface area contributed by atoms with Crippen molar-refractivity contribution in [3.63, 3.8) is 0 Å². The third-order valence-electron chi connectivity index (χ3n) is 3.48. The van der Waals surface area contributed by atoms with Gasteiger partial charge in [-0.2, -0.15) is 0 Å². The average Bonchev–Trinajstić information content (AvgIpc) is 2.38. The van der Waals surface area contributed by atoms with Gasteiger partial charge >= 0.3 is 0 Å². The molecule has 0 atom stereocenters. The fraction of sp³-hybridized carbons (Fsp3) is 0.615. The fourth-order valence-electron chi connectivity index (χ4n) is 2.12. The zero-order valence-corrected chi connectivity index (χ0v) is 10.6. The predicted molar refractivity (Wildman–Crippen MR) is 69.5 cm³/mol. The third kappa shape index (κ3) is 3.33. The van der Waals surface area contributed by atoms with Crippen molar-refractivity contribution in [3.05, 3.63) is 18.3 Å². The van der Waals surface area contributed by atoms with Crippen molar-refractivity contribution in [2.24, 2.45) is 5.41 Å². The number of hydrogen-bond acceptors (Lipinski definition) is 4. The highest BCUT2D eigenvalue weighted by Gasteiger charge is 2.26. The maximum atomic E-state index is 5.08. The highest BCUT2D eigenvalue weighted by atomic mass is 16.5. The van der Waals surface area contributed by atoms with E-state index in [4.69, 9.17) is 4.74 Å². The SMILES string of the molecule is COc1ccc(NCC2(C)CCNCC2)nc1. The van der Waals surface area contributed by atoms with Crippen molar-refractivity contribution in [2.75, 3.05) is 32.1 Å². The summed E-state index contributed by atoms with van der Waals surface area (Å²) in [7, 11) is 1.65. The largest absolute Gasteiger partial charge is 0.495 e. The van der Waals surface area contributed by atoms with Crippen LogP contribution in [0.25, 0.3) is 0 Å². The molecule has 2 rings (SSSR count). The number of hydrogen-bond donors (Lipinski definition) is 2. The highest BCUT2D eigenvalue weighted by Crippen LogP contribution is 2.28. The lowest BCUT2D eigenvalue weighted by molar-refractivity contribution is 0.247. The summed E-state index contributed by atoms with van der Waals surface area (Å²) in [5.74, 6) is 1.72. The summed E-state index contributed by atoms with van der Waals surface area (Å²) in [6.45, 7) is 5.56. The Hall–Kier alpha value is -1.29. The first-order valence-corrected chi connectivity index (χ1v) is 6.16. The van der Waals surface area contributed by atoms with Crippen LogP contribution < -0.4 is 15.4 Å². The number of methoxy groups -OCH3 is 1. The van der Waals surface area contributed by atoms with Crippen LogP contribution in [-0.2, 0) is 0 Å². The van der Waals surface area contributed by atoms with Gasteiger partial charge in [-0.15, -0.1) is 0 Å². The smallest absolute Gasteiger partial charge is 0.137 e. The van der Waals surface area contributed by atoms with Gasteiger partial charge in [-0.3, -0.25) is 0 Å². The lowest BCUT2D eigenvalue weighted by atomic mass is 9.81. The van der Waals surface area contributed by atoms with E-state index in [1.54, 1.807) is 13.3 Å². The maximum Gasteiger partial charge on any atom is 0.137 e. The molecule has 2 N–H and O–H groups in total. The molecule has 1 saturated heterocycles. The second kappa shape index (κ2) is 5.36. The molecular formula is C13H21N3O. The second-order valence-corrected chi connectivity index (χ2v) is 5.00. The Morgan fingerprint density at radius 1 is 1.41 bits per heavy atom. The van der Waals surface area contributed by atoms with Gasteiger partial charge in [0.2, 0.25) is 0 Å². The van der Waals surface area contributed by atoms with Gasteiger partial charge in [-0.1, -0.05) is 6.92 Å². The van der Waals surface area contributed by atoms with E-state index in [9.17, 15) is 0 Å². The molecule has 94 valence electrons. The molecular weight excluding hydrogens is 214 g/mol. The molecule has 0 aromatic carbocycles. The number of anilines is 1. The van der Waals surface area contributed by atoms with Gasteiger partial charge in [0, 0.05) is 6.54 Å². The Labute approximate surface area is 103 Å². The molecule has 4 nitrogen and oxygen atoms in total. The second-order valence-electron chi connectivity index (χ2n) is 5.00. The van der Waals surface area contributed by atoms with Crippen LogP contribution in [0, 0.1) is 5.41 Å². The topological polar surface area (TPSA) is 46.2 Å². The van der Waals surface area contributed by atoms with Gasteiger partial charge in [-0.25, -0.2) is 4.98 Å². The number of aromatic nitrogens is 1. The normalized spacial score (nSPS) is 18.7.